The number of aromatic nitrogens is 2. The molecule has 4 N–H and O–H groups in total. The van der Waals surface area contributed by atoms with Crippen LogP contribution in [0, 0.1) is 0 Å². The third-order valence-electron chi connectivity index (χ3n) is 5.76. The minimum atomic E-state index is -2.92. The number of hydrogen-bond donors (Lipinski definition) is 4. The first-order valence-corrected chi connectivity index (χ1v) is 12.2. The van der Waals surface area contributed by atoms with Crippen LogP contribution in [-0.2, 0) is 23.4 Å². The lowest BCUT2D eigenvalue weighted by Gasteiger charge is -2.48. The molecule has 1 fully saturated rings. The molecule has 2 aromatic rings. The zero-order valence-corrected chi connectivity index (χ0v) is 18.9. The van der Waals surface area contributed by atoms with Gasteiger partial charge < -0.3 is 15.2 Å². The third kappa shape index (κ3) is 4.08. The van der Waals surface area contributed by atoms with E-state index in [1.807, 2.05) is 0 Å². The largest absolute Gasteiger partial charge is 0.501 e. The zero-order chi connectivity index (χ0) is 23.1. The molecule has 0 saturated carbocycles. The molecule has 0 atom stereocenters. The summed E-state index contributed by atoms with van der Waals surface area (Å²) in [5.41, 5.74) is -0.612. The standard InChI is InChI=1S/C21H28N4O6S/c1-21(2)20-23-16(17(26)19(28)24(20)10-11-31-21)18(27)22-13-14-7-3-4-8-15(14)25-9-5-6-12-32(25,29)30/h3-4,7-8,26,29-30H,5-6,9-13H2,1-2H3,(H,22,27). The van der Waals surface area contributed by atoms with Crippen LogP contribution in [0.5, 0.6) is 5.75 Å². The summed E-state index contributed by atoms with van der Waals surface area (Å²) >= 11 is 0. The van der Waals surface area contributed by atoms with E-state index in [-0.39, 0.29) is 24.6 Å². The van der Waals surface area contributed by atoms with E-state index in [1.165, 1.54) is 4.57 Å². The lowest BCUT2D eigenvalue weighted by Crippen LogP contribution is -2.42. The number of benzene rings is 1. The van der Waals surface area contributed by atoms with Crippen molar-refractivity contribution in [3.8, 4) is 5.75 Å². The van der Waals surface area contributed by atoms with Crippen molar-refractivity contribution < 1.29 is 23.7 Å². The second kappa shape index (κ2) is 8.39. The molecule has 4 rings (SSSR count). The minimum absolute atomic E-state index is 0.0560. The molecule has 1 aromatic heterocycles. The summed E-state index contributed by atoms with van der Waals surface area (Å²) in [7, 11) is -2.92. The summed E-state index contributed by atoms with van der Waals surface area (Å²) in [5, 5.41) is 13.0. The van der Waals surface area contributed by atoms with Crippen molar-refractivity contribution in [1.29, 1.82) is 0 Å². The van der Waals surface area contributed by atoms with E-state index < -0.39 is 33.6 Å². The summed E-state index contributed by atoms with van der Waals surface area (Å²) in [5.74, 6) is -0.825. The summed E-state index contributed by atoms with van der Waals surface area (Å²) < 4.78 is 29.6. The molecule has 1 aromatic carbocycles. The number of para-hydroxylation sites is 1. The number of fused-ring (bicyclic) bond motifs is 1. The average molecular weight is 465 g/mol. The highest BCUT2D eigenvalue weighted by atomic mass is 32.3. The van der Waals surface area contributed by atoms with Gasteiger partial charge in [-0.2, -0.15) is 0 Å². The van der Waals surface area contributed by atoms with Crippen LogP contribution in [0.3, 0.4) is 0 Å². The fraction of sp³-hybridized carbons (Fsp3) is 0.476. The summed E-state index contributed by atoms with van der Waals surface area (Å²) in [4.78, 5) is 29.7. The average Bonchev–Trinajstić information content (AvgIpc) is 2.74. The first kappa shape index (κ1) is 22.6. The van der Waals surface area contributed by atoms with E-state index >= 15 is 0 Å². The SMILES string of the molecule is CC1(C)OCCn2c1nc(C(=O)NCc1ccccc1N1CCCCS1(O)O)c(O)c2=O. The molecule has 1 saturated heterocycles. The Morgan fingerprint density at radius 1 is 1.25 bits per heavy atom. The minimum Gasteiger partial charge on any atom is -0.501 e. The molecule has 0 bridgehead atoms. The number of anilines is 1. The van der Waals surface area contributed by atoms with Gasteiger partial charge in [0.15, 0.2) is 5.69 Å². The fourth-order valence-corrected chi connectivity index (χ4v) is 5.80. The van der Waals surface area contributed by atoms with Crippen LogP contribution in [0.15, 0.2) is 29.1 Å². The molecule has 0 unspecified atom stereocenters. The van der Waals surface area contributed by atoms with Gasteiger partial charge in [0.2, 0.25) is 5.75 Å². The molecule has 174 valence electrons. The highest BCUT2D eigenvalue weighted by Crippen LogP contribution is 2.50. The van der Waals surface area contributed by atoms with Crippen molar-refractivity contribution in [2.75, 3.05) is 23.2 Å². The lowest BCUT2D eigenvalue weighted by atomic mass is 10.1. The van der Waals surface area contributed by atoms with Gasteiger partial charge in [-0.1, -0.05) is 18.2 Å². The molecule has 0 radical (unpaired) electrons. The van der Waals surface area contributed by atoms with Gasteiger partial charge in [0.25, 0.3) is 11.5 Å². The highest BCUT2D eigenvalue weighted by molar-refractivity contribution is 8.25. The van der Waals surface area contributed by atoms with Crippen LogP contribution in [0.1, 0.15) is 48.6 Å². The Labute approximate surface area is 187 Å². The van der Waals surface area contributed by atoms with Gasteiger partial charge >= 0.3 is 0 Å². The number of nitrogens with zero attached hydrogens (tertiary/aromatic N) is 3. The van der Waals surface area contributed by atoms with Crippen molar-refractivity contribution in [2.24, 2.45) is 0 Å². The van der Waals surface area contributed by atoms with Crippen LogP contribution in [0.25, 0.3) is 0 Å². The maximum Gasteiger partial charge on any atom is 0.296 e. The van der Waals surface area contributed by atoms with Gasteiger partial charge in [-0.15, -0.1) is 10.8 Å². The topological polar surface area (TPSA) is 137 Å². The van der Waals surface area contributed by atoms with Crippen molar-refractivity contribution in [1.82, 2.24) is 14.9 Å². The molecule has 2 aliphatic rings. The Hall–Kier alpha value is -2.60. The predicted octanol–water partition coefficient (Wildman–Crippen LogP) is 2.41. The Bertz CT molecular complexity index is 1100. The van der Waals surface area contributed by atoms with Crippen LogP contribution in [0.4, 0.5) is 5.69 Å². The maximum atomic E-state index is 12.9. The van der Waals surface area contributed by atoms with Gasteiger partial charge in [0, 0.05) is 13.1 Å². The second-order valence-corrected chi connectivity index (χ2v) is 10.5. The third-order valence-corrected chi connectivity index (χ3v) is 7.68. The van der Waals surface area contributed by atoms with Crippen molar-refractivity contribution >= 4 is 22.4 Å². The molecule has 2 aliphatic heterocycles. The number of carbonyl (C=O) groups is 1. The molecule has 3 heterocycles. The summed E-state index contributed by atoms with van der Waals surface area (Å²) in [6, 6.07) is 7.15. The highest BCUT2D eigenvalue weighted by Gasteiger charge is 2.34. The quantitative estimate of drug-likeness (QED) is 0.541. The number of rotatable bonds is 4. The van der Waals surface area contributed by atoms with Gasteiger partial charge in [-0.05, 0) is 38.3 Å². The number of ether oxygens (including phenoxy) is 1. The number of hydrogen-bond acceptors (Lipinski definition) is 8. The number of amides is 1. The molecule has 1 amide bonds. The van der Waals surface area contributed by atoms with Gasteiger partial charge in [0.05, 0.1) is 24.6 Å². The van der Waals surface area contributed by atoms with E-state index in [0.29, 0.717) is 30.2 Å². The molecule has 32 heavy (non-hydrogen) atoms. The Morgan fingerprint density at radius 2 is 2.00 bits per heavy atom. The molecular weight excluding hydrogens is 436 g/mol. The zero-order valence-electron chi connectivity index (χ0n) is 18.1. The molecular formula is C21H28N4O6S. The first-order valence-electron chi connectivity index (χ1n) is 10.5. The maximum absolute atomic E-state index is 12.9. The van der Waals surface area contributed by atoms with Gasteiger partial charge in [-0.3, -0.25) is 27.6 Å². The summed E-state index contributed by atoms with van der Waals surface area (Å²) in [6.45, 7) is 4.61. The number of aromatic hydroxyl groups is 1. The smallest absolute Gasteiger partial charge is 0.296 e. The van der Waals surface area contributed by atoms with Crippen LogP contribution in [0.2, 0.25) is 0 Å². The molecule has 11 heteroatoms. The van der Waals surface area contributed by atoms with E-state index in [1.54, 1.807) is 42.4 Å². The Balaban J connectivity index is 1.60. The lowest BCUT2D eigenvalue weighted by molar-refractivity contribution is -0.0566. The van der Waals surface area contributed by atoms with E-state index in [9.17, 15) is 23.8 Å². The fourth-order valence-electron chi connectivity index (χ4n) is 4.07. The molecule has 0 spiro atoms. The van der Waals surface area contributed by atoms with Crippen LogP contribution >= 0.6 is 10.8 Å². The Kier molecular flexibility index (Phi) is 5.93. The van der Waals surface area contributed by atoms with Crippen molar-refractivity contribution in [3.63, 3.8) is 0 Å². The first-order chi connectivity index (χ1) is 15.1. The van der Waals surface area contributed by atoms with E-state index in [2.05, 4.69) is 10.3 Å². The number of carbonyl (C=O) groups excluding carboxylic acids is 1. The summed E-state index contributed by atoms with van der Waals surface area (Å²) in [6.07, 6.45) is 1.59. The normalized spacial score (nSPS) is 20.3. The molecule has 0 aliphatic carbocycles. The predicted molar refractivity (Wildman–Crippen MR) is 121 cm³/mol. The number of nitrogens with one attached hydrogen (secondary N) is 1. The van der Waals surface area contributed by atoms with Gasteiger partial charge in [0.1, 0.15) is 11.4 Å². The van der Waals surface area contributed by atoms with Gasteiger partial charge in [-0.25, -0.2) is 4.98 Å². The van der Waals surface area contributed by atoms with E-state index in [4.69, 9.17) is 4.74 Å². The van der Waals surface area contributed by atoms with E-state index in [0.717, 1.165) is 12.8 Å². The van der Waals surface area contributed by atoms with Crippen molar-refractivity contribution in [2.45, 2.75) is 45.4 Å². The molecule has 10 nitrogen and oxygen atoms in total. The second-order valence-electron chi connectivity index (χ2n) is 8.41. The van der Waals surface area contributed by atoms with Crippen LogP contribution in [-0.4, -0.2) is 48.6 Å². The van der Waals surface area contributed by atoms with Crippen LogP contribution < -0.4 is 15.2 Å². The monoisotopic (exact) mass is 464 g/mol. The van der Waals surface area contributed by atoms with Crippen molar-refractivity contribution in [3.05, 3.63) is 51.7 Å². The Morgan fingerprint density at radius 3 is 2.75 bits per heavy atom.